The molecule has 2 aromatic rings. The Morgan fingerprint density at radius 3 is 2.75 bits per heavy atom. The van der Waals surface area contributed by atoms with E-state index in [9.17, 15) is 4.79 Å². The molecule has 0 amide bonds. The lowest BCUT2D eigenvalue weighted by Gasteiger charge is -2.03. The van der Waals surface area contributed by atoms with Crippen molar-refractivity contribution in [3.8, 4) is 0 Å². The van der Waals surface area contributed by atoms with E-state index in [1.165, 1.54) is 6.26 Å². The van der Waals surface area contributed by atoms with E-state index in [4.69, 9.17) is 32.7 Å². The Balaban J connectivity index is 2.67. The number of rotatable bonds is 2. The van der Waals surface area contributed by atoms with E-state index < -0.39 is 11.9 Å². The van der Waals surface area contributed by atoms with Crippen LogP contribution in [0, 0.1) is 0 Å². The SMILES string of the molecule is CC(C(=O)O)c1coc2c(Cl)c(Cl)ccc12. The average Bonchev–Trinajstić information content (AvgIpc) is 2.66. The van der Waals surface area contributed by atoms with Crippen molar-refractivity contribution in [1.82, 2.24) is 0 Å². The lowest BCUT2D eigenvalue weighted by atomic mass is 10.0. The Morgan fingerprint density at radius 2 is 2.12 bits per heavy atom. The molecular formula is C11H8Cl2O3. The molecule has 0 spiro atoms. The molecule has 16 heavy (non-hydrogen) atoms. The summed E-state index contributed by atoms with van der Waals surface area (Å²) in [4.78, 5) is 10.9. The van der Waals surface area contributed by atoms with Crippen LogP contribution in [0.15, 0.2) is 22.8 Å². The maximum atomic E-state index is 10.9. The topological polar surface area (TPSA) is 50.4 Å². The number of fused-ring (bicyclic) bond motifs is 1. The number of furan rings is 1. The van der Waals surface area contributed by atoms with E-state index >= 15 is 0 Å². The summed E-state index contributed by atoms with van der Waals surface area (Å²) in [5, 5.41) is 10.3. The van der Waals surface area contributed by atoms with Crippen LogP contribution in [0.1, 0.15) is 18.4 Å². The number of carbonyl (C=O) groups is 1. The third-order valence-corrected chi connectivity index (χ3v) is 3.29. The highest BCUT2D eigenvalue weighted by Gasteiger charge is 2.20. The van der Waals surface area contributed by atoms with Gasteiger partial charge in [-0.25, -0.2) is 0 Å². The first-order valence-electron chi connectivity index (χ1n) is 4.60. The van der Waals surface area contributed by atoms with Crippen molar-refractivity contribution < 1.29 is 14.3 Å². The number of hydrogen-bond donors (Lipinski definition) is 1. The van der Waals surface area contributed by atoms with Gasteiger partial charge in [0.2, 0.25) is 0 Å². The molecule has 0 bridgehead atoms. The lowest BCUT2D eigenvalue weighted by molar-refractivity contribution is -0.138. The number of carboxylic acid groups (broad SMARTS) is 1. The molecule has 0 aliphatic carbocycles. The smallest absolute Gasteiger partial charge is 0.310 e. The van der Waals surface area contributed by atoms with Gasteiger partial charge in [0.15, 0.2) is 5.58 Å². The zero-order valence-electron chi connectivity index (χ0n) is 8.33. The Kier molecular flexibility index (Phi) is 2.82. The first kappa shape index (κ1) is 11.3. The van der Waals surface area contributed by atoms with Crippen molar-refractivity contribution >= 4 is 40.1 Å². The Morgan fingerprint density at radius 1 is 1.44 bits per heavy atom. The second-order valence-corrected chi connectivity index (χ2v) is 4.27. The molecule has 5 heteroatoms. The van der Waals surface area contributed by atoms with Gasteiger partial charge < -0.3 is 9.52 Å². The molecule has 1 N–H and O–H groups in total. The minimum Gasteiger partial charge on any atom is -0.481 e. The fourth-order valence-electron chi connectivity index (χ4n) is 1.53. The van der Waals surface area contributed by atoms with E-state index in [0.717, 1.165) is 0 Å². The molecule has 1 aromatic heterocycles. The zero-order chi connectivity index (χ0) is 11.9. The molecule has 0 aliphatic heterocycles. The van der Waals surface area contributed by atoms with Crippen LogP contribution >= 0.6 is 23.2 Å². The Labute approximate surface area is 102 Å². The van der Waals surface area contributed by atoms with Crippen LogP contribution in [0.2, 0.25) is 10.0 Å². The van der Waals surface area contributed by atoms with Crippen LogP contribution in [-0.2, 0) is 4.79 Å². The van der Waals surface area contributed by atoms with E-state index in [-0.39, 0.29) is 0 Å². The van der Waals surface area contributed by atoms with Gasteiger partial charge in [0, 0.05) is 10.9 Å². The summed E-state index contributed by atoms with van der Waals surface area (Å²) in [6.07, 6.45) is 1.41. The second-order valence-electron chi connectivity index (χ2n) is 3.49. The van der Waals surface area contributed by atoms with Gasteiger partial charge >= 0.3 is 5.97 Å². The van der Waals surface area contributed by atoms with E-state index in [0.29, 0.717) is 26.6 Å². The number of halogens is 2. The maximum Gasteiger partial charge on any atom is 0.310 e. The summed E-state index contributed by atoms with van der Waals surface area (Å²) in [5.41, 5.74) is 1.03. The van der Waals surface area contributed by atoms with Gasteiger partial charge in [-0.05, 0) is 19.1 Å². The first-order chi connectivity index (χ1) is 7.52. The van der Waals surface area contributed by atoms with Gasteiger partial charge in [0.05, 0.1) is 17.2 Å². The average molecular weight is 259 g/mol. The van der Waals surface area contributed by atoms with E-state index in [1.54, 1.807) is 19.1 Å². The molecule has 1 unspecified atom stereocenters. The van der Waals surface area contributed by atoms with Crippen LogP contribution in [0.4, 0.5) is 0 Å². The first-order valence-corrected chi connectivity index (χ1v) is 5.36. The second kappa shape index (κ2) is 4.00. The highest BCUT2D eigenvalue weighted by molar-refractivity contribution is 6.44. The number of aliphatic carboxylic acids is 1. The fourth-order valence-corrected chi connectivity index (χ4v) is 1.89. The number of carboxylic acids is 1. The minimum atomic E-state index is -0.909. The summed E-state index contributed by atoms with van der Waals surface area (Å²) in [5.74, 6) is -1.55. The van der Waals surface area contributed by atoms with Crippen LogP contribution < -0.4 is 0 Å². The number of hydrogen-bond acceptors (Lipinski definition) is 2. The zero-order valence-corrected chi connectivity index (χ0v) is 9.84. The van der Waals surface area contributed by atoms with E-state index in [1.807, 2.05) is 0 Å². The predicted octanol–water partition coefficient (Wildman–Crippen LogP) is 3.93. The monoisotopic (exact) mass is 258 g/mol. The molecule has 2 rings (SSSR count). The summed E-state index contributed by atoms with van der Waals surface area (Å²) >= 11 is 11.8. The predicted molar refractivity (Wildman–Crippen MR) is 62.3 cm³/mol. The molecule has 3 nitrogen and oxygen atoms in total. The van der Waals surface area contributed by atoms with Gasteiger partial charge in [-0.15, -0.1) is 0 Å². The summed E-state index contributed by atoms with van der Waals surface area (Å²) in [7, 11) is 0. The van der Waals surface area contributed by atoms with Gasteiger partial charge in [-0.1, -0.05) is 23.2 Å². The van der Waals surface area contributed by atoms with Crippen molar-refractivity contribution in [1.29, 1.82) is 0 Å². The minimum absolute atomic E-state index is 0.308. The maximum absolute atomic E-state index is 10.9. The third kappa shape index (κ3) is 1.66. The van der Waals surface area contributed by atoms with Gasteiger partial charge in [0.25, 0.3) is 0 Å². The molecule has 0 aliphatic rings. The molecule has 0 saturated heterocycles. The van der Waals surface area contributed by atoms with Crippen LogP contribution in [-0.4, -0.2) is 11.1 Å². The molecule has 84 valence electrons. The Hall–Kier alpha value is -1.19. The van der Waals surface area contributed by atoms with Gasteiger partial charge in [-0.3, -0.25) is 4.79 Å². The number of benzene rings is 1. The van der Waals surface area contributed by atoms with Crippen molar-refractivity contribution in [3.63, 3.8) is 0 Å². The summed E-state index contributed by atoms with van der Waals surface area (Å²) in [6, 6.07) is 3.33. The summed E-state index contributed by atoms with van der Waals surface area (Å²) < 4.78 is 5.25. The molecular weight excluding hydrogens is 251 g/mol. The van der Waals surface area contributed by atoms with Crippen molar-refractivity contribution in [2.24, 2.45) is 0 Å². The van der Waals surface area contributed by atoms with Crippen molar-refractivity contribution in [3.05, 3.63) is 34.0 Å². The molecule has 1 aromatic carbocycles. The highest BCUT2D eigenvalue weighted by Crippen LogP contribution is 2.36. The van der Waals surface area contributed by atoms with Crippen molar-refractivity contribution in [2.45, 2.75) is 12.8 Å². The quantitative estimate of drug-likeness (QED) is 0.888. The summed E-state index contributed by atoms with van der Waals surface area (Å²) in [6.45, 7) is 1.59. The highest BCUT2D eigenvalue weighted by atomic mass is 35.5. The Bertz CT molecular complexity index is 560. The van der Waals surface area contributed by atoms with Crippen LogP contribution in [0.3, 0.4) is 0 Å². The van der Waals surface area contributed by atoms with Crippen LogP contribution in [0.5, 0.6) is 0 Å². The van der Waals surface area contributed by atoms with Gasteiger partial charge in [0.1, 0.15) is 5.02 Å². The van der Waals surface area contributed by atoms with E-state index in [2.05, 4.69) is 0 Å². The standard InChI is InChI=1S/C11H8Cl2O3/c1-5(11(14)15)7-4-16-10-6(7)2-3-8(12)9(10)13/h2-5H,1H3,(H,14,15). The third-order valence-electron chi connectivity index (χ3n) is 2.50. The fraction of sp³-hybridized carbons (Fsp3) is 0.182. The largest absolute Gasteiger partial charge is 0.481 e. The molecule has 1 atom stereocenters. The lowest BCUT2D eigenvalue weighted by Crippen LogP contribution is -2.06. The van der Waals surface area contributed by atoms with Gasteiger partial charge in [-0.2, -0.15) is 0 Å². The van der Waals surface area contributed by atoms with Crippen molar-refractivity contribution in [2.75, 3.05) is 0 Å². The molecule has 0 saturated carbocycles. The normalized spacial score (nSPS) is 12.9. The molecule has 1 heterocycles. The molecule has 0 radical (unpaired) electrons. The van der Waals surface area contributed by atoms with Crippen LogP contribution in [0.25, 0.3) is 11.0 Å². The molecule has 0 fully saturated rings.